The molecule has 0 unspecified atom stereocenters. The van der Waals surface area contributed by atoms with E-state index in [4.69, 9.17) is 66.8 Å². The average Bonchev–Trinajstić information content (AvgIpc) is 2.41. The Morgan fingerprint density at radius 3 is 0.433 bits per heavy atom. The van der Waals surface area contributed by atoms with Crippen LogP contribution >= 0.6 is 0 Å². The monoisotopic (exact) mass is 1010 g/mol. The van der Waals surface area contributed by atoms with Gasteiger partial charge in [-0.3, -0.25) is 0 Å². The number of carboxylic acid groups (broad SMARTS) is 2. The van der Waals surface area contributed by atoms with Crippen LogP contribution in [0.3, 0.4) is 0 Å². The first-order valence-electron chi connectivity index (χ1n) is 4.01. The fourth-order valence-corrected chi connectivity index (χ4v) is 0. The maximum Gasteiger partial charge on any atom is 2.00 e. The second kappa shape index (κ2) is 137. The number of carbonyl (C=O) groups is 2. The van der Waals surface area contributed by atoms with Gasteiger partial charge in [0.15, 0.2) is 0 Å². The van der Waals surface area contributed by atoms with Gasteiger partial charge >= 0.3 is 211 Å². The number of rotatable bonds is 0. The SMILES string of the molecule is CC(=O)[O-].CC(=O)[O-].O=[As][O-].O=[As][O-].O=[As][O-].O=[As][O-].O=[As][O-].O=[As][O-].[Cu+2].[Cu+2].[Cu+2].[Cu+2]. The van der Waals surface area contributed by atoms with Crippen molar-refractivity contribution in [3.05, 3.63) is 0 Å². The van der Waals surface area contributed by atoms with Crippen molar-refractivity contribution in [3.8, 4) is 0 Å². The predicted molar refractivity (Wildman–Crippen MR) is 60.0 cm³/mol. The van der Waals surface area contributed by atoms with Crippen LogP contribution in [0.1, 0.15) is 13.8 Å². The van der Waals surface area contributed by atoms with E-state index >= 15 is 0 Å². The molecule has 0 aliphatic rings. The Hall–Kier alpha value is 2.93. The smallest absolute Gasteiger partial charge is 2.00 e. The molecule has 192 valence electrons. The van der Waals surface area contributed by atoms with Gasteiger partial charge in [0.2, 0.25) is 0 Å². The molecule has 0 rings (SSSR count). The summed E-state index contributed by atoms with van der Waals surface area (Å²) in [6, 6.07) is 0. The Morgan fingerprint density at radius 2 is 0.433 bits per heavy atom. The third-order valence-electron chi connectivity index (χ3n) is 0. The molecule has 0 saturated carbocycles. The molecule has 0 bridgehead atoms. The van der Waals surface area contributed by atoms with E-state index < -0.39 is 108 Å². The van der Waals surface area contributed by atoms with E-state index in [1.165, 1.54) is 0 Å². The van der Waals surface area contributed by atoms with E-state index in [-0.39, 0.29) is 68.3 Å². The molecule has 0 heterocycles. The molecule has 0 atom stereocenters. The molecular weight excluding hydrogens is 1010 g/mol. The molecular formula is C4H6As6Cu4O16. The van der Waals surface area contributed by atoms with Crippen molar-refractivity contribution in [1.82, 2.24) is 0 Å². The minimum atomic E-state index is -1.81. The van der Waals surface area contributed by atoms with Gasteiger partial charge in [0.05, 0.1) is 0 Å². The van der Waals surface area contributed by atoms with Crippen LogP contribution in [0.15, 0.2) is 0 Å². The Kier molecular flexibility index (Phi) is 350. The maximum atomic E-state index is 8.89. The Bertz CT molecular complexity index is 260. The molecule has 0 amide bonds. The minimum absolute atomic E-state index is 0. The topological polar surface area (TPSA) is 321 Å². The van der Waals surface area contributed by atoms with Crippen LogP contribution in [0.2, 0.25) is 0 Å². The molecule has 30 heavy (non-hydrogen) atoms. The standard InChI is InChI=1S/2C2H4O2.6AsHO2.4Cu/c2*1-2(3)4;6*2-1-3;;;;/h2*1H3,(H,3,4);6*(H,2,3);;;;/q;;;;;;;;4*+2/p-8. The van der Waals surface area contributed by atoms with Gasteiger partial charge in [0.1, 0.15) is 0 Å². The Morgan fingerprint density at radius 1 is 0.433 bits per heavy atom. The second-order valence-corrected chi connectivity index (χ2v) is 3.31. The number of hydrogen-bond donors (Lipinski definition) is 0. The van der Waals surface area contributed by atoms with E-state index in [2.05, 4.69) is 0 Å². The summed E-state index contributed by atoms with van der Waals surface area (Å²) in [6.45, 7) is 1.94. The summed E-state index contributed by atoms with van der Waals surface area (Å²) in [5.74, 6) is -2.17. The van der Waals surface area contributed by atoms with Crippen LogP contribution in [0.5, 0.6) is 0 Å². The average molecular weight is 1010 g/mol. The zero-order valence-corrected chi connectivity index (χ0v) is 28.4. The molecule has 0 N–H and O–H groups in total. The van der Waals surface area contributed by atoms with Crippen LogP contribution in [-0.4, -0.2) is 108 Å². The van der Waals surface area contributed by atoms with Crippen LogP contribution < -0.4 is 34.8 Å². The van der Waals surface area contributed by atoms with Crippen LogP contribution in [-0.2, 0) is 100 Å². The van der Waals surface area contributed by atoms with Crippen molar-refractivity contribution < 1.29 is 135 Å². The molecule has 16 nitrogen and oxygen atoms in total. The number of carboxylic acids is 2. The maximum absolute atomic E-state index is 8.89. The Labute approximate surface area is 253 Å². The molecule has 4 radical (unpaired) electrons. The molecule has 0 spiro atoms. The molecule has 0 fully saturated rings. The van der Waals surface area contributed by atoms with Crippen molar-refractivity contribution in [1.29, 1.82) is 0 Å². The number of carbonyl (C=O) groups excluding carboxylic acids is 2. The van der Waals surface area contributed by atoms with Gasteiger partial charge in [-0.15, -0.1) is 0 Å². The summed E-state index contributed by atoms with van der Waals surface area (Å²) in [7, 11) is 0. The summed E-state index contributed by atoms with van der Waals surface area (Å²) < 4.78 is 102. The predicted octanol–water partition coefficient (Wildman–Crippen LogP) is -12.6. The van der Waals surface area contributed by atoms with Crippen molar-refractivity contribution in [2.75, 3.05) is 0 Å². The molecule has 0 aromatic heterocycles. The van der Waals surface area contributed by atoms with Crippen molar-refractivity contribution in [2.24, 2.45) is 0 Å². The first-order chi connectivity index (χ1) is 11.9. The number of aliphatic carboxylic acids is 2. The van der Waals surface area contributed by atoms with E-state index in [1.54, 1.807) is 0 Å². The fourth-order valence-electron chi connectivity index (χ4n) is 0. The minimum Gasteiger partial charge on any atom is 2.00 e. The summed E-state index contributed by atoms with van der Waals surface area (Å²) in [5.41, 5.74) is 0. The summed E-state index contributed by atoms with van der Waals surface area (Å²) in [6.07, 6.45) is 0. The van der Waals surface area contributed by atoms with E-state index in [1.807, 2.05) is 0 Å². The van der Waals surface area contributed by atoms with Gasteiger partial charge in [-0.05, 0) is 13.8 Å². The van der Waals surface area contributed by atoms with E-state index in [9.17, 15) is 0 Å². The van der Waals surface area contributed by atoms with Crippen molar-refractivity contribution >= 4 is 108 Å². The fraction of sp³-hybridized carbons (Fsp3) is 0.500. The molecule has 26 heteroatoms. The second-order valence-electron chi connectivity index (χ2n) is 1.43. The van der Waals surface area contributed by atoms with E-state index in [0.29, 0.717) is 0 Å². The normalized spacial score (nSPS) is 5.87. The van der Waals surface area contributed by atoms with Crippen molar-refractivity contribution in [3.63, 3.8) is 0 Å². The van der Waals surface area contributed by atoms with Crippen LogP contribution in [0.25, 0.3) is 0 Å². The summed E-state index contributed by atoms with van der Waals surface area (Å²) in [4.78, 5) is 17.8. The van der Waals surface area contributed by atoms with Crippen LogP contribution in [0, 0.1) is 0 Å². The molecule has 0 aliphatic carbocycles. The van der Waals surface area contributed by atoms with E-state index in [0.717, 1.165) is 13.8 Å². The third kappa shape index (κ3) is 3230. The number of hydrogen-bond acceptors (Lipinski definition) is 16. The molecule has 0 saturated heterocycles. The summed E-state index contributed by atoms with van der Waals surface area (Å²) in [5, 5.41) is 17.8. The van der Waals surface area contributed by atoms with Gasteiger partial charge in [-0.2, -0.15) is 0 Å². The molecule has 0 aliphatic heterocycles. The zero-order valence-electron chi connectivity index (χ0n) is 13.4. The molecule has 0 aromatic rings. The van der Waals surface area contributed by atoms with Crippen molar-refractivity contribution in [2.45, 2.75) is 13.8 Å². The van der Waals surface area contributed by atoms with Gasteiger partial charge in [0, 0.05) is 11.9 Å². The van der Waals surface area contributed by atoms with Gasteiger partial charge in [-0.1, -0.05) is 0 Å². The largest absolute Gasteiger partial charge is 2.00 e. The quantitative estimate of drug-likeness (QED) is 0.203. The van der Waals surface area contributed by atoms with Gasteiger partial charge < -0.3 is 19.8 Å². The first kappa shape index (κ1) is 76.6. The zero-order chi connectivity index (χ0) is 23.4. The molecule has 0 aromatic carbocycles. The van der Waals surface area contributed by atoms with Gasteiger partial charge in [-0.25, -0.2) is 0 Å². The summed E-state index contributed by atoms with van der Waals surface area (Å²) >= 11 is -10.9. The Balaban J connectivity index is -0.0000000122. The third-order valence-corrected chi connectivity index (χ3v) is 0. The van der Waals surface area contributed by atoms with Gasteiger partial charge in [0.25, 0.3) is 0 Å². The van der Waals surface area contributed by atoms with Crippen LogP contribution in [0.4, 0.5) is 0 Å². The first-order valence-corrected chi connectivity index (χ1v) is 13.2.